The lowest BCUT2D eigenvalue weighted by Gasteiger charge is -2.32. The van der Waals surface area contributed by atoms with Crippen molar-refractivity contribution >= 4 is 59.7 Å². The number of hydrogen-bond acceptors (Lipinski definition) is 20. The van der Waals surface area contributed by atoms with Crippen molar-refractivity contribution in [3.8, 4) is 0 Å². The molecule has 0 fully saturated rings. The second kappa shape index (κ2) is 41.1. The molecule has 0 N–H and O–H groups in total. The van der Waals surface area contributed by atoms with Crippen molar-refractivity contribution in [1.82, 2.24) is 0 Å². The van der Waals surface area contributed by atoms with Gasteiger partial charge in [-0.1, -0.05) is 6.92 Å². The second-order valence-electron chi connectivity index (χ2n) is 25.4. The molecule has 0 heterocycles. The Labute approximate surface area is 608 Å². The highest BCUT2D eigenvalue weighted by molar-refractivity contribution is 5.82. The fourth-order valence-corrected chi connectivity index (χ4v) is 9.18. The number of hydrogen-bond donors (Lipinski definition) is 0. The molecule has 0 rings (SSSR count). The minimum absolute atomic E-state index is 0.0325. The molecule has 648 valence electrons. The van der Waals surface area contributed by atoms with Gasteiger partial charge < -0.3 is 47.4 Å². The van der Waals surface area contributed by atoms with Crippen LogP contribution in [0.5, 0.6) is 0 Å². The molecule has 0 aromatic rings. The van der Waals surface area contributed by atoms with Gasteiger partial charge in [0.25, 0.3) is 0 Å². The molecule has 0 bridgehead atoms. The Morgan fingerprint density at radius 3 is 0.459 bits per heavy atom. The quantitative estimate of drug-likeness (QED) is 0.0314. The van der Waals surface area contributed by atoms with Gasteiger partial charge in [-0.15, -0.1) is 0 Å². The van der Waals surface area contributed by atoms with Crippen molar-refractivity contribution in [2.75, 3.05) is 0 Å². The van der Waals surface area contributed by atoms with E-state index in [0.29, 0.717) is 0 Å². The van der Waals surface area contributed by atoms with Crippen molar-refractivity contribution in [3.05, 3.63) is 0 Å². The zero-order valence-electron chi connectivity index (χ0n) is 59.3. The molecule has 0 aliphatic carbocycles. The van der Waals surface area contributed by atoms with E-state index < -0.39 is 306 Å². The molecule has 0 spiro atoms. The van der Waals surface area contributed by atoms with Gasteiger partial charge in [0, 0.05) is 6.42 Å². The van der Waals surface area contributed by atoms with Crippen molar-refractivity contribution in [2.45, 2.75) is 270 Å². The molecule has 19 unspecified atom stereocenters. The molecule has 0 radical (unpaired) electrons. The Morgan fingerprint density at radius 2 is 0.315 bits per heavy atom. The first-order valence-corrected chi connectivity index (χ1v) is 32.3. The normalized spacial score (nSPS) is 18.4. The molecule has 20 nitrogen and oxygen atoms in total. The number of esters is 10. The van der Waals surface area contributed by atoms with E-state index >= 15 is 0 Å². The molecule has 0 aromatic heterocycles. The van der Waals surface area contributed by atoms with E-state index in [9.17, 15) is 180 Å². The van der Waals surface area contributed by atoms with Gasteiger partial charge >= 0.3 is 121 Å². The Balaban J connectivity index is 9.81. The zero-order chi connectivity index (χ0) is 87.6. The highest BCUT2D eigenvalue weighted by Gasteiger charge is 2.53. The van der Waals surface area contributed by atoms with E-state index in [1.165, 1.54) is 0 Å². The van der Waals surface area contributed by atoms with Crippen LogP contribution in [0.2, 0.25) is 0 Å². The molecule has 19 atom stereocenters. The van der Waals surface area contributed by atoms with E-state index in [1.807, 2.05) is 0 Å². The highest BCUT2D eigenvalue weighted by Crippen LogP contribution is 2.42. The van der Waals surface area contributed by atoms with Crippen LogP contribution in [0, 0.1) is 53.3 Å². The first kappa shape index (κ1) is 104. The monoisotopic (exact) mass is 1700 g/mol. The van der Waals surface area contributed by atoms with Crippen LogP contribution in [-0.4, -0.2) is 182 Å². The molecule has 0 aliphatic rings. The number of halogens is 30. The van der Waals surface area contributed by atoms with Crippen molar-refractivity contribution in [2.24, 2.45) is 53.3 Å². The standard InChI is InChI=1S/C61H74F30O20/c1-12-33(43(93)103-24(3)53(65,66)67)15-35(45(95)105-26(5)55(71,72)73)17-37(47(97)107-28(7)57(77,78)79)19-39(49(99)109-30(9)59(83,84)85)21-41(51(101)111-32(11)61(89,90)91)22-40(50(100)110-31(10)60(86,87)88)20-38(48(98)108-29(8)58(80,81)82)18-36(46(96)106-27(6)56(74,75)76)16-34(44(94)104-25(4)54(68,69)70)13-14-42(92)102-23(2)52(62,63)64/h23-41H,12-22H2,1-11H3. The highest BCUT2D eigenvalue weighted by atomic mass is 19.4. The van der Waals surface area contributed by atoms with E-state index in [1.54, 1.807) is 0 Å². The topological polar surface area (TPSA) is 263 Å². The summed E-state index contributed by atoms with van der Waals surface area (Å²) in [5.74, 6) is -52.2. The average molecular weight is 1700 g/mol. The van der Waals surface area contributed by atoms with Gasteiger partial charge in [0.15, 0.2) is 61.0 Å². The summed E-state index contributed by atoms with van der Waals surface area (Å²) in [6, 6.07) is 0. The summed E-state index contributed by atoms with van der Waals surface area (Å²) in [5, 5.41) is 0. The Bertz CT molecular complexity index is 3040. The minimum Gasteiger partial charge on any atom is -0.453 e. The third-order valence-electron chi connectivity index (χ3n) is 16.3. The van der Waals surface area contributed by atoms with Crippen LogP contribution >= 0.6 is 0 Å². The predicted octanol–water partition coefficient (Wildman–Crippen LogP) is 15.8. The lowest BCUT2D eigenvalue weighted by molar-refractivity contribution is -0.224. The van der Waals surface area contributed by atoms with Gasteiger partial charge in [-0.2, -0.15) is 132 Å². The van der Waals surface area contributed by atoms with E-state index in [-0.39, 0.29) is 69.2 Å². The van der Waals surface area contributed by atoms with Crippen LogP contribution in [-0.2, 0) is 95.3 Å². The van der Waals surface area contributed by atoms with Crippen LogP contribution in [0.15, 0.2) is 0 Å². The van der Waals surface area contributed by atoms with Crippen molar-refractivity contribution in [1.29, 1.82) is 0 Å². The maximum Gasteiger partial charge on any atom is 0.425 e. The van der Waals surface area contributed by atoms with E-state index in [0.717, 1.165) is 6.92 Å². The third kappa shape index (κ3) is 37.0. The summed E-state index contributed by atoms with van der Waals surface area (Å²) in [5.41, 5.74) is 0. The average Bonchev–Trinajstić information content (AvgIpc) is 0.822. The summed E-state index contributed by atoms with van der Waals surface area (Å²) < 4.78 is 463. The van der Waals surface area contributed by atoms with Gasteiger partial charge in [-0.25, -0.2) is 0 Å². The predicted molar refractivity (Wildman–Crippen MR) is 304 cm³/mol. The summed E-state index contributed by atoms with van der Waals surface area (Å²) in [6.07, 6.45) is -112. The molecule has 111 heavy (non-hydrogen) atoms. The lowest BCUT2D eigenvalue weighted by atomic mass is 9.77. The molecule has 0 saturated carbocycles. The van der Waals surface area contributed by atoms with E-state index in [2.05, 4.69) is 47.4 Å². The number of carbonyl (C=O) groups excluding carboxylic acids is 10. The first-order valence-electron chi connectivity index (χ1n) is 32.3. The largest absolute Gasteiger partial charge is 0.453 e. The van der Waals surface area contributed by atoms with Crippen LogP contribution in [0.25, 0.3) is 0 Å². The molecule has 0 aromatic carbocycles. The third-order valence-corrected chi connectivity index (χ3v) is 16.3. The molecule has 0 aliphatic heterocycles. The first-order chi connectivity index (χ1) is 49.6. The summed E-state index contributed by atoms with van der Waals surface area (Å²) in [6.45, 7) is 0.756. The summed E-state index contributed by atoms with van der Waals surface area (Å²) >= 11 is 0. The maximum absolute atomic E-state index is 14.4. The smallest absolute Gasteiger partial charge is 0.425 e. The van der Waals surface area contributed by atoms with Gasteiger partial charge in [0.2, 0.25) is 0 Å². The van der Waals surface area contributed by atoms with Crippen molar-refractivity contribution < 1.29 is 227 Å². The van der Waals surface area contributed by atoms with Gasteiger partial charge in [0.1, 0.15) is 0 Å². The van der Waals surface area contributed by atoms with Gasteiger partial charge in [-0.3, -0.25) is 47.9 Å². The Morgan fingerprint density at radius 1 is 0.198 bits per heavy atom. The molecular formula is C61H74F30O20. The number of ether oxygens (including phenoxy) is 10. The van der Waals surface area contributed by atoms with Crippen LogP contribution in [0.3, 0.4) is 0 Å². The lowest BCUT2D eigenvalue weighted by Crippen LogP contribution is -2.41. The fourth-order valence-electron chi connectivity index (χ4n) is 9.18. The molecule has 0 amide bonds. The minimum atomic E-state index is -5.89. The summed E-state index contributed by atoms with van der Waals surface area (Å²) in [7, 11) is 0. The number of carbonyl (C=O) groups is 10. The maximum atomic E-state index is 14.4. The molecular weight excluding hydrogens is 1620 g/mol. The zero-order valence-corrected chi connectivity index (χ0v) is 59.3. The van der Waals surface area contributed by atoms with Gasteiger partial charge in [-0.05, 0) is 133 Å². The second-order valence-corrected chi connectivity index (χ2v) is 25.4. The van der Waals surface area contributed by atoms with Crippen LogP contribution in [0.4, 0.5) is 132 Å². The Hall–Kier alpha value is -7.40. The Kier molecular flexibility index (Phi) is 38.3. The number of alkyl halides is 30. The number of rotatable bonds is 39. The van der Waals surface area contributed by atoms with E-state index in [4.69, 9.17) is 0 Å². The van der Waals surface area contributed by atoms with Crippen LogP contribution < -0.4 is 0 Å². The fraction of sp³-hybridized carbons (Fsp3) is 0.836. The molecule has 0 saturated heterocycles. The van der Waals surface area contributed by atoms with Crippen molar-refractivity contribution in [3.63, 3.8) is 0 Å². The van der Waals surface area contributed by atoms with Gasteiger partial charge in [0.05, 0.1) is 53.3 Å². The molecule has 50 heteroatoms. The SMILES string of the molecule is CCC(CC(CC(CC(CC(CC(CC(CC(CC(CCC(=O)OC(C)C(F)(F)F)C(=O)OC(C)C(F)(F)F)C(=O)OC(C)C(F)(F)F)C(=O)OC(C)C(F)(F)F)C(=O)OC(C)C(F)(F)F)C(=O)OC(C)C(F)(F)F)C(=O)OC(C)C(F)(F)F)C(=O)OC(C)C(F)(F)F)C(=O)OC(C)C(F)(F)F)C(=O)OC(C)C(F)(F)F. The van der Waals surface area contributed by atoms with Crippen LogP contribution in [0.1, 0.15) is 147 Å². The summed E-state index contributed by atoms with van der Waals surface area (Å²) in [4.78, 5) is 139.